The van der Waals surface area contributed by atoms with Crippen molar-refractivity contribution in [1.29, 1.82) is 0 Å². The first kappa shape index (κ1) is 15.6. The van der Waals surface area contributed by atoms with E-state index in [1.54, 1.807) is 20.8 Å². The Morgan fingerprint density at radius 3 is 2.32 bits per heavy atom. The van der Waals surface area contributed by atoms with Crippen LogP contribution in [0.15, 0.2) is 23.2 Å². The molecule has 0 amide bonds. The Hall–Kier alpha value is -1.43. The molecule has 1 aromatic rings. The second-order valence-electron chi connectivity index (χ2n) is 4.95. The monoisotopic (exact) mass is 293 g/mol. The van der Waals surface area contributed by atoms with Gasteiger partial charge in [-0.15, -0.1) is 0 Å². The second kappa shape index (κ2) is 5.28. The Bertz CT molecular complexity index is 490. The lowest BCUT2D eigenvalue weighted by molar-refractivity contribution is -0.136. The molecule has 3 N–H and O–H groups in total. The number of hydrogen-bond donors (Lipinski definition) is 2. The summed E-state index contributed by atoms with van der Waals surface area (Å²) in [7, 11) is 0. The van der Waals surface area contributed by atoms with E-state index < -0.39 is 17.3 Å². The Labute approximate surface area is 114 Å². The van der Waals surface area contributed by atoms with Crippen LogP contribution in [-0.4, -0.2) is 11.5 Å². The van der Waals surface area contributed by atoms with Gasteiger partial charge in [-0.25, -0.2) is 4.99 Å². The molecule has 0 spiro atoms. The van der Waals surface area contributed by atoms with Gasteiger partial charge in [0.1, 0.15) is 0 Å². The first-order valence-corrected chi connectivity index (χ1v) is 5.86. The summed E-state index contributed by atoms with van der Waals surface area (Å²) in [4.78, 5) is 4.03. The van der Waals surface area contributed by atoms with E-state index in [4.69, 9.17) is 17.3 Å². The molecule has 0 atom stereocenters. The number of guanidine groups is 1. The maximum absolute atomic E-state index is 12.8. The zero-order valence-electron chi connectivity index (χ0n) is 10.8. The lowest BCUT2D eigenvalue weighted by Gasteiger charge is -2.18. The van der Waals surface area contributed by atoms with Gasteiger partial charge in [-0.1, -0.05) is 17.7 Å². The Morgan fingerprint density at radius 1 is 1.26 bits per heavy atom. The van der Waals surface area contributed by atoms with Crippen molar-refractivity contribution < 1.29 is 13.2 Å². The third kappa shape index (κ3) is 4.63. The molecule has 0 aromatic heterocycles. The summed E-state index contributed by atoms with van der Waals surface area (Å²) < 4.78 is 38.5. The number of nitrogens with zero attached hydrogens (tertiary/aromatic N) is 1. The molecule has 0 aliphatic rings. The Kier molecular flexibility index (Phi) is 4.35. The minimum Gasteiger partial charge on any atom is -0.370 e. The van der Waals surface area contributed by atoms with E-state index in [0.29, 0.717) is 0 Å². The predicted molar refractivity (Wildman–Crippen MR) is 71.5 cm³/mol. The van der Waals surface area contributed by atoms with Crippen LogP contribution >= 0.6 is 11.6 Å². The van der Waals surface area contributed by atoms with Gasteiger partial charge in [-0.3, -0.25) is 0 Å². The highest BCUT2D eigenvalue weighted by Crippen LogP contribution is 2.38. The molecule has 0 aliphatic carbocycles. The highest BCUT2D eigenvalue weighted by Gasteiger charge is 2.34. The number of nitrogens with one attached hydrogen (secondary N) is 1. The summed E-state index contributed by atoms with van der Waals surface area (Å²) in [5.74, 6) is -0.119. The van der Waals surface area contributed by atoms with Gasteiger partial charge in [0.25, 0.3) is 0 Å². The lowest BCUT2D eigenvalue weighted by Crippen LogP contribution is -2.28. The topological polar surface area (TPSA) is 50.4 Å². The van der Waals surface area contributed by atoms with Crippen LogP contribution in [0.4, 0.5) is 18.9 Å². The van der Waals surface area contributed by atoms with Crippen molar-refractivity contribution in [3.05, 3.63) is 28.8 Å². The van der Waals surface area contributed by atoms with Crippen molar-refractivity contribution in [3.63, 3.8) is 0 Å². The van der Waals surface area contributed by atoms with E-state index >= 15 is 0 Å². The van der Waals surface area contributed by atoms with Crippen LogP contribution in [-0.2, 0) is 6.18 Å². The Balaban J connectivity index is 3.18. The van der Waals surface area contributed by atoms with Crippen LogP contribution in [0.3, 0.4) is 0 Å². The molecule has 0 saturated heterocycles. The fourth-order valence-electron chi connectivity index (χ4n) is 1.40. The molecule has 3 nitrogen and oxygen atoms in total. The van der Waals surface area contributed by atoms with E-state index in [-0.39, 0.29) is 16.7 Å². The third-order valence-electron chi connectivity index (χ3n) is 2.03. The van der Waals surface area contributed by atoms with E-state index in [1.165, 1.54) is 12.1 Å². The van der Waals surface area contributed by atoms with Gasteiger partial charge in [-0.2, -0.15) is 13.2 Å². The molecule has 1 aromatic carbocycles. The zero-order chi connectivity index (χ0) is 14.8. The number of benzene rings is 1. The highest BCUT2D eigenvalue weighted by molar-refractivity contribution is 6.34. The molecule has 0 fully saturated rings. The molecule has 0 unspecified atom stereocenters. The summed E-state index contributed by atoms with van der Waals surface area (Å²) in [5, 5.41) is 2.35. The molecule has 0 saturated carbocycles. The minimum atomic E-state index is -4.52. The molecular weight excluding hydrogens is 279 g/mol. The van der Waals surface area contributed by atoms with Gasteiger partial charge < -0.3 is 11.1 Å². The predicted octanol–water partition coefficient (Wildman–Crippen LogP) is 3.88. The van der Waals surface area contributed by atoms with Crippen molar-refractivity contribution in [2.24, 2.45) is 10.7 Å². The first-order valence-electron chi connectivity index (χ1n) is 5.49. The largest absolute Gasteiger partial charge is 0.418 e. The van der Waals surface area contributed by atoms with Crippen molar-refractivity contribution in [2.75, 3.05) is 5.32 Å². The minimum absolute atomic E-state index is 0.0677. The molecule has 7 heteroatoms. The Morgan fingerprint density at radius 2 is 1.84 bits per heavy atom. The fraction of sp³-hybridized carbons (Fsp3) is 0.417. The molecule has 106 valence electrons. The number of anilines is 1. The van der Waals surface area contributed by atoms with Crippen LogP contribution in [0, 0.1) is 0 Å². The van der Waals surface area contributed by atoms with E-state index in [1.807, 2.05) is 0 Å². The van der Waals surface area contributed by atoms with E-state index in [9.17, 15) is 13.2 Å². The second-order valence-corrected chi connectivity index (χ2v) is 5.36. The number of aliphatic imine (C=N–C) groups is 1. The molecule has 1 rings (SSSR count). The smallest absolute Gasteiger partial charge is 0.370 e. The number of alkyl halides is 3. The molecule has 0 bridgehead atoms. The molecular formula is C12H15ClF3N3. The summed E-state index contributed by atoms with van der Waals surface area (Å²) in [6.45, 7) is 5.33. The summed E-state index contributed by atoms with van der Waals surface area (Å²) in [6.07, 6.45) is -4.52. The number of halogens is 4. The van der Waals surface area contributed by atoms with E-state index in [2.05, 4.69) is 10.3 Å². The van der Waals surface area contributed by atoms with Crippen molar-refractivity contribution >= 4 is 23.2 Å². The van der Waals surface area contributed by atoms with Gasteiger partial charge in [0, 0.05) is 0 Å². The van der Waals surface area contributed by atoms with Gasteiger partial charge in [0.05, 0.1) is 21.8 Å². The molecule has 19 heavy (non-hydrogen) atoms. The van der Waals surface area contributed by atoms with Crippen molar-refractivity contribution in [3.8, 4) is 0 Å². The SMILES string of the molecule is CC(C)(C)N=C(N)Nc1c(Cl)cccc1C(F)(F)F. The lowest BCUT2D eigenvalue weighted by atomic mass is 10.1. The average Bonchev–Trinajstić information content (AvgIpc) is 2.16. The number of rotatable bonds is 1. The standard InChI is InChI=1S/C12H15ClF3N3/c1-11(2,3)19-10(17)18-9-7(12(14,15)16)5-4-6-8(9)13/h4-6H,1-3H3,(H3,17,18,19). The van der Waals surface area contributed by atoms with Crippen LogP contribution in [0.1, 0.15) is 26.3 Å². The van der Waals surface area contributed by atoms with Gasteiger partial charge in [-0.05, 0) is 32.9 Å². The molecule has 0 heterocycles. The maximum Gasteiger partial charge on any atom is 0.418 e. The van der Waals surface area contributed by atoms with Gasteiger partial charge in [0.2, 0.25) is 0 Å². The van der Waals surface area contributed by atoms with Crippen molar-refractivity contribution in [2.45, 2.75) is 32.5 Å². The summed E-state index contributed by atoms with van der Waals surface area (Å²) in [5.41, 5.74) is 3.91. The average molecular weight is 294 g/mol. The quantitative estimate of drug-likeness (QED) is 0.610. The summed E-state index contributed by atoms with van der Waals surface area (Å²) >= 11 is 5.78. The first-order chi connectivity index (χ1) is 8.50. The van der Waals surface area contributed by atoms with Gasteiger partial charge in [0.15, 0.2) is 5.96 Å². The van der Waals surface area contributed by atoms with Crippen LogP contribution in [0.25, 0.3) is 0 Å². The highest BCUT2D eigenvalue weighted by atomic mass is 35.5. The number of para-hydroxylation sites is 1. The molecule has 0 radical (unpaired) electrons. The number of nitrogens with two attached hydrogens (primary N) is 1. The van der Waals surface area contributed by atoms with Crippen LogP contribution in [0.2, 0.25) is 5.02 Å². The van der Waals surface area contributed by atoms with Crippen LogP contribution < -0.4 is 11.1 Å². The normalized spacial score (nSPS) is 13.5. The van der Waals surface area contributed by atoms with Crippen molar-refractivity contribution in [1.82, 2.24) is 0 Å². The maximum atomic E-state index is 12.8. The van der Waals surface area contributed by atoms with Gasteiger partial charge >= 0.3 is 6.18 Å². The summed E-state index contributed by atoms with van der Waals surface area (Å²) in [6, 6.07) is 3.51. The molecule has 0 aliphatic heterocycles. The van der Waals surface area contributed by atoms with Crippen LogP contribution in [0.5, 0.6) is 0 Å². The third-order valence-corrected chi connectivity index (χ3v) is 2.34. The number of hydrogen-bond acceptors (Lipinski definition) is 1. The van der Waals surface area contributed by atoms with E-state index in [0.717, 1.165) is 6.07 Å². The fourth-order valence-corrected chi connectivity index (χ4v) is 1.63. The zero-order valence-corrected chi connectivity index (χ0v) is 11.5.